The summed E-state index contributed by atoms with van der Waals surface area (Å²) in [7, 11) is -3.53. The molecule has 1 aliphatic rings. The minimum atomic E-state index is -3.53. The number of amides is 1. The first-order chi connectivity index (χ1) is 11.8. The van der Waals surface area contributed by atoms with Crippen LogP contribution in [0.1, 0.15) is 24.5 Å². The van der Waals surface area contributed by atoms with E-state index in [2.05, 4.69) is 0 Å². The summed E-state index contributed by atoms with van der Waals surface area (Å²) in [6, 6.07) is 7.20. The van der Waals surface area contributed by atoms with E-state index < -0.39 is 16.2 Å². The molecule has 2 atom stereocenters. The third-order valence-corrected chi connectivity index (χ3v) is 4.84. The van der Waals surface area contributed by atoms with Gasteiger partial charge in [-0.1, -0.05) is 23.7 Å². The summed E-state index contributed by atoms with van der Waals surface area (Å²) in [5, 5.41) is 9.79. The van der Waals surface area contributed by atoms with Crippen molar-refractivity contribution in [2.75, 3.05) is 32.6 Å². The highest BCUT2D eigenvalue weighted by Gasteiger charge is 2.31. The molecule has 0 aliphatic carbocycles. The van der Waals surface area contributed by atoms with Gasteiger partial charge in [0.1, 0.15) is 0 Å². The topological polar surface area (TPSA) is 93.1 Å². The van der Waals surface area contributed by atoms with E-state index >= 15 is 0 Å². The first kappa shape index (κ1) is 20.0. The zero-order valence-electron chi connectivity index (χ0n) is 13.9. The molecule has 0 saturated carbocycles. The van der Waals surface area contributed by atoms with Gasteiger partial charge in [0.15, 0.2) is 0 Å². The van der Waals surface area contributed by atoms with Gasteiger partial charge in [0.05, 0.1) is 25.6 Å². The summed E-state index contributed by atoms with van der Waals surface area (Å²) < 4.78 is 32.7. The third-order valence-electron chi connectivity index (χ3n) is 4.01. The lowest BCUT2D eigenvalue weighted by Gasteiger charge is -2.35. The Hall–Kier alpha value is -1.35. The van der Waals surface area contributed by atoms with Crippen LogP contribution in [0, 0.1) is 5.92 Å². The molecule has 9 heteroatoms. The molecule has 1 N–H and O–H groups in total. The predicted molar refractivity (Wildman–Crippen MR) is 93.3 cm³/mol. The molecule has 0 unspecified atom stereocenters. The molecule has 0 spiro atoms. The highest BCUT2D eigenvalue weighted by Crippen LogP contribution is 2.34. The molecule has 0 aromatic heterocycles. The maximum Gasteiger partial charge on any atom is 0.407 e. The largest absolute Gasteiger partial charge is 0.465 e. The van der Waals surface area contributed by atoms with Crippen molar-refractivity contribution in [2.24, 2.45) is 5.92 Å². The normalized spacial score (nSPS) is 19.6. The average molecular weight is 392 g/mol. The molecule has 140 valence electrons. The van der Waals surface area contributed by atoms with E-state index in [1.54, 1.807) is 18.2 Å². The van der Waals surface area contributed by atoms with Gasteiger partial charge in [-0.05, 0) is 30.5 Å². The average Bonchev–Trinajstić information content (AvgIpc) is 2.54. The highest BCUT2D eigenvalue weighted by molar-refractivity contribution is 7.85. The van der Waals surface area contributed by atoms with E-state index in [9.17, 15) is 18.3 Å². The fourth-order valence-electron chi connectivity index (χ4n) is 2.98. The lowest BCUT2D eigenvalue weighted by atomic mass is 9.88. The van der Waals surface area contributed by atoms with Crippen molar-refractivity contribution in [3.63, 3.8) is 0 Å². The van der Waals surface area contributed by atoms with Crippen molar-refractivity contribution in [1.82, 2.24) is 4.90 Å². The predicted octanol–water partition coefficient (Wildman–Crippen LogP) is 2.76. The molecule has 0 bridgehead atoms. The molecular weight excluding hydrogens is 370 g/mol. The van der Waals surface area contributed by atoms with Gasteiger partial charge in [-0.2, -0.15) is 8.42 Å². The highest BCUT2D eigenvalue weighted by atomic mass is 35.5. The number of halogens is 1. The van der Waals surface area contributed by atoms with Crippen LogP contribution in [0.15, 0.2) is 24.3 Å². The molecule has 2 rings (SSSR count). The van der Waals surface area contributed by atoms with Crippen LogP contribution in [0.5, 0.6) is 0 Å². The van der Waals surface area contributed by atoms with Crippen molar-refractivity contribution in [3.8, 4) is 0 Å². The summed E-state index contributed by atoms with van der Waals surface area (Å²) >= 11 is 6.06. The van der Waals surface area contributed by atoms with E-state index in [0.29, 0.717) is 18.1 Å². The number of carboxylic acid groups (broad SMARTS) is 1. The number of hydrogen-bond acceptors (Lipinski definition) is 5. The lowest BCUT2D eigenvalue weighted by molar-refractivity contribution is -0.0227. The number of carbonyl (C=O) groups is 1. The first-order valence-corrected chi connectivity index (χ1v) is 10.1. The molecule has 7 nitrogen and oxygen atoms in total. The lowest BCUT2D eigenvalue weighted by Crippen LogP contribution is -2.41. The maximum atomic E-state index is 11.3. The molecule has 1 fully saturated rings. The Morgan fingerprint density at radius 3 is 2.84 bits per heavy atom. The summed E-state index contributed by atoms with van der Waals surface area (Å²) in [4.78, 5) is 12.6. The van der Waals surface area contributed by atoms with E-state index in [-0.39, 0.29) is 25.2 Å². The van der Waals surface area contributed by atoms with E-state index in [1.807, 2.05) is 6.07 Å². The number of ether oxygens (including phenoxy) is 1. The molecule has 1 aromatic carbocycles. The zero-order valence-corrected chi connectivity index (χ0v) is 15.5. The summed E-state index contributed by atoms with van der Waals surface area (Å²) in [5.74, 6) is -0.0402. The van der Waals surface area contributed by atoms with Gasteiger partial charge in [-0.25, -0.2) is 4.79 Å². The maximum absolute atomic E-state index is 11.3. The molecule has 1 amide bonds. The number of hydrogen-bond donors (Lipinski definition) is 1. The van der Waals surface area contributed by atoms with Gasteiger partial charge < -0.3 is 14.7 Å². The molecule has 1 heterocycles. The van der Waals surface area contributed by atoms with Gasteiger partial charge in [0.2, 0.25) is 0 Å². The second kappa shape index (κ2) is 8.84. The smallest absolute Gasteiger partial charge is 0.407 e. The molecule has 1 saturated heterocycles. The number of likely N-dealkylation sites (tertiary alicyclic amines) is 1. The number of nitrogens with zero attached hydrogens (tertiary/aromatic N) is 1. The summed E-state index contributed by atoms with van der Waals surface area (Å²) in [5.41, 5.74) is 0.837. The number of piperidine rings is 1. The van der Waals surface area contributed by atoms with E-state index in [4.69, 9.17) is 20.5 Å². The van der Waals surface area contributed by atoms with Crippen LogP contribution >= 0.6 is 11.6 Å². The van der Waals surface area contributed by atoms with Crippen molar-refractivity contribution in [3.05, 3.63) is 34.9 Å². The molecular formula is C16H22ClNO6S. The first-order valence-electron chi connectivity index (χ1n) is 7.95. The zero-order chi connectivity index (χ0) is 18.4. The molecule has 1 aromatic rings. The molecule has 0 radical (unpaired) electrons. The number of rotatable bonds is 7. The van der Waals surface area contributed by atoms with Gasteiger partial charge >= 0.3 is 6.09 Å². The molecule has 25 heavy (non-hydrogen) atoms. The monoisotopic (exact) mass is 391 g/mol. The standard InChI is InChI=1S/C16H22ClNO6S/c1-25(21,22)24-9-8-23-15(12-4-2-6-14(17)10-12)13-5-3-7-18(11-13)16(19)20/h2,4,6,10,13,15H,3,5,7-9,11H2,1H3,(H,19,20)/t13-,15+/m1/s1. The van der Waals surface area contributed by atoms with Gasteiger partial charge in [0.25, 0.3) is 10.1 Å². The van der Waals surface area contributed by atoms with Crippen LogP contribution in [0.25, 0.3) is 0 Å². The SMILES string of the molecule is CS(=O)(=O)OCCO[C@@H](c1cccc(Cl)c1)[C@@H]1CCCN(C(=O)O)C1. The van der Waals surface area contributed by atoms with Crippen LogP contribution in [-0.2, 0) is 19.0 Å². The van der Waals surface area contributed by atoms with E-state index in [0.717, 1.165) is 24.7 Å². The Labute approximate surface area is 152 Å². The summed E-state index contributed by atoms with van der Waals surface area (Å²) in [6.45, 7) is 0.851. The van der Waals surface area contributed by atoms with Crippen LogP contribution < -0.4 is 0 Å². The Morgan fingerprint density at radius 2 is 2.20 bits per heavy atom. The fraction of sp³-hybridized carbons (Fsp3) is 0.562. The van der Waals surface area contributed by atoms with Gasteiger partial charge in [0, 0.05) is 24.0 Å². The van der Waals surface area contributed by atoms with Crippen molar-refractivity contribution in [2.45, 2.75) is 18.9 Å². The second-order valence-electron chi connectivity index (χ2n) is 6.00. The van der Waals surface area contributed by atoms with Crippen molar-refractivity contribution in [1.29, 1.82) is 0 Å². The van der Waals surface area contributed by atoms with E-state index in [1.165, 1.54) is 4.90 Å². The Bertz CT molecular complexity index is 696. The van der Waals surface area contributed by atoms with Crippen LogP contribution in [0.4, 0.5) is 4.79 Å². The quantitative estimate of drug-likeness (QED) is 0.567. The Kier molecular flexibility index (Phi) is 7.06. The minimum absolute atomic E-state index is 0.0402. The minimum Gasteiger partial charge on any atom is -0.465 e. The Morgan fingerprint density at radius 1 is 1.44 bits per heavy atom. The van der Waals surface area contributed by atoms with Crippen LogP contribution in [-0.4, -0.2) is 57.1 Å². The second-order valence-corrected chi connectivity index (χ2v) is 8.08. The number of benzene rings is 1. The summed E-state index contributed by atoms with van der Waals surface area (Å²) in [6.07, 6.45) is 1.21. The third kappa shape index (κ3) is 6.47. The van der Waals surface area contributed by atoms with Crippen molar-refractivity contribution >= 4 is 27.8 Å². The van der Waals surface area contributed by atoms with Crippen LogP contribution in [0.2, 0.25) is 5.02 Å². The van der Waals surface area contributed by atoms with Gasteiger partial charge in [-0.3, -0.25) is 4.18 Å². The van der Waals surface area contributed by atoms with Gasteiger partial charge in [-0.15, -0.1) is 0 Å². The van der Waals surface area contributed by atoms with Crippen molar-refractivity contribution < 1.29 is 27.2 Å². The fourth-order valence-corrected chi connectivity index (χ4v) is 3.55. The Balaban J connectivity index is 2.10. The van der Waals surface area contributed by atoms with Crippen LogP contribution in [0.3, 0.4) is 0 Å². The molecule has 1 aliphatic heterocycles.